The molecule has 0 saturated heterocycles. The molecule has 1 aromatic heterocycles. The smallest absolute Gasteiger partial charge is 0.256 e. The average molecular weight is 618 g/mol. The lowest BCUT2D eigenvalue weighted by Crippen LogP contribution is -2.35. The second kappa shape index (κ2) is 12.8. The summed E-state index contributed by atoms with van der Waals surface area (Å²) >= 11 is 12.4. The molecule has 2 heterocycles. The van der Waals surface area contributed by atoms with E-state index < -0.39 is 9.84 Å². The number of aromatic nitrogens is 1. The van der Waals surface area contributed by atoms with E-state index in [1.165, 1.54) is 12.1 Å². The molecule has 1 aliphatic heterocycles. The number of carbonyl (C=O) groups excluding carboxylic acids is 2. The number of nitrogens with zero attached hydrogens (tertiary/aromatic N) is 1. The molecule has 41 heavy (non-hydrogen) atoms. The van der Waals surface area contributed by atoms with Crippen LogP contribution in [0.15, 0.2) is 41.3 Å². The highest BCUT2D eigenvalue weighted by molar-refractivity contribution is 7.90. The lowest BCUT2D eigenvalue weighted by atomic mass is 10.0. The van der Waals surface area contributed by atoms with Crippen LogP contribution in [0.4, 0.5) is 5.69 Å². The van der Waals surface area contributed by atoms with Gasteiger partial charge < -0.3 is 20.5 Å². The van der Waals surface area contributed by atoms with E-state index in [1.807, 2.05) is 13.8 Å². The van der Waals surface area contributed by atoms with Gasteiger partial charge in [-0.25, -0.2) is 8.42 Å². The number of fused-ring (bicyclic) bond motifs is 1. The van der Waals surface area contributed by atoms with Crippen LogP contribution in [0, 0.1) is 13.8 Å². The number of H-pyrrole nitrogens is 1. The summed E-state index contributed by atoms with van der Waals surface area (Å²) in [6, 6.07) is 9.37. The zero-order chi connectivity index (χ0) is 29.9. The Labute approximate surface area is 251 Å². The zero-order valence-corrected chi connectivity index (χ0v) is 25.9. The summed E-state index contributed by atoms with van der Waals surface area (Å²) < 4.78 is 26.6. The van der Waals surface area contributed by atoms with Crippen molar-refractivity contribution in [3.63, 3.8) is 0 Å². The monoisotopic (exact) mass is 616 g/mol. The molecule has 11 heteroatoms. The van der Waals surface area contributed by atoms with Gasteiger partial charge in [0.15, 0.2) is 9.84 Å². The van der Waals surface area contributed by atoms with Crippen LogP contribution >= 0.6 is 23.2 Å². The number of aryl methyl sites for hydroxylation is 1. The van der Waals surface area contributed by atoms with E-state index in [0.29, 0.717) is 34.6 Å². The minimum absolute atomic E-state index is 0.0519. The minimum atomic E-state index is -3.83. The molecule has 0 spiro atoms. The van der Waals surface area contributed by atoms with Crippen LogP contribution in [0.1, 0.15) is 47.5 Å². The van der Waals surface area contributed by atoms with E-state index in [4.69, 9.17) is 23.2 Å². The first-order valence-electron chi connectivity index (χ1n) is 13.4. The van der Waals surface area contributed by atoms with E-state index >= 15 is 0 Å². The molecule has 0 unspecified atom stereocenters. The van der Waals surface area contributed by atoms with Crippen LogP contribution in [-0.2, 0) is 31.6 Å². The molecule has 4 rings (SSSR count). The van der Waals surface area contributed by atoms with Crippen molar-refractivity contribution in [3.8, 4) is 0 Å². The Morgan fingerprint density at radius 1 is 1.05 bits per heavy atom. The van der Waals surface area contributed by atoms with Gasteiger partial charge in [0.2, 0.25) is 5.91 Å². The second-order valence-corrected chi connectivity index (χ2v) is 12.8. The zero-order valence-electron chi connectivity index (χ0n) is 23.5. The van der Waals surface area contributed by atoms with Crippen LogP contribution in [0.2, 0.25) is 10.0 Å². The van der Waals surface area contributed by atoms with Crippen molar-refractivity contribution >= 4 is 62.2 Å². The molecule has 0 aliphatic carbocycles. The Balaban J connectivity index is 1.58. The van der Waals surface area contributed by atoms with Gasteiger partial charge in [0.25, 0.3) is 5.91 Å². The molecule has 1 aliphatic rings. The number of aromatic amines is 1. The number of hydrogen-bond acceptors (Lipinski definition) is 5. The maximum atomic E-state index is 13.3. The number of likely N-dealkylation sites (N-methyl/N-ethyl adjacent to an activating group) is 1. The number of amides is 2. The molecular weight excluding hydrogens is 583 g/mol. The van der Waals surface area contributed by atoms with Crippen LogP contribution < -0.4 is 10.6 Å². The SMILES string of the molecule is CCN(CC)CCNC(=O)Cc1c(C)[nH]c(C=C2C(=O)Nc3ccc(S(=O)(=O)Cc4c(Cl)cccc4Cl)cc32)c1C. The first-order valence-corrected chi connectivity index (χ1v) is 15.9. The van der Waals surface area contributed by atoms with E-state index in [9.17, 15) is 18.0 Å². The Bertz CT molecular complexity index is 1610. The maximum Gasteiger partial charge on any atom is 0.256 e. The number of sulfone groups is 1. The number of anilines is 1. The van der Waals surface area contributed by atoms with Crippen molar-refractivity contribution in [2.24, 2.45) is 0 Å². The molecule has 2 aromatic carbocycles. The van der Waals surface area contributed by atoms with Crippen molar-refractivity contribution in [1.29, 1.82) is 0 Å². The standard InChI is InChI=1S/C30H34Cl2N4O4S/c1-5-36(6-2)13-12-33-29(37)16-21-18(3)28(34-19(21)4)15-23-22-14-20(10-11-27(22)35-30(23)38)41(39,40)17-24-25(31)8-7-9-26(24)32/h7-11,14-15,34H,5-6,12-13,16-17H2,1-4H3,(H,33,37)(H,35,38). The average Bonchev–Trinajstić information content (AvgIpc) is 3.38. The fourth-order valence-corrected chi connectivity index (χ4v) is 7.05. The van der Waals surface area contributed by atoms with E-state index in [2.05, 4.69) is 34.4 Å². The maximum absolute atomic E-state index is 13.3. The number of hydrogen-bond donors (Lipinski definition) is 3. The number of rotatable bonds is 11. The number of benzene rings is 2. The predicted octanol–water partition coefficient (Wildman–Crippen LogP) is 5.41. The van der Waals surface area contributed by atoms with Crippen LogP contribution in [0.25, 0.3) is 11.6 Å². The van der Waals surface area contributed by atoms with Gasteiger partial charge in [-0.05, 0) is 74.5 Å². The molecule has 218 valence electrons. The molecule has 2 amide bonds. The molecule has 0 fully saturated rings. The fraction of sp³-hybridized carbons (Fsp3) is 0.333. The Kier molecular flexibility index (Phi) is 9.64. The first kappa shape index (κ1) is 30.8. The third kappa shape index (κ3) is 6.86. The lowest BCUT2D eigenvalue weighted by Gasteiger charge is -2.18. The van der Waals surface area contributed by atoms with Crippen molar-refractivity contribution in [2.75, 3.05) is 31.5 Å². The number of nitrogens with one attached hydrogen (secondary N) is 3. The lowest BCUT2D eigenvalue weighted by molar-refractivity contribution is -0.120. The van der Waals surface area contributed by atoms with Gasteiger partial charge in [0.1, 0.15) is 0 Å². The second-order valence-electron chi connectivity index (χ2n) is 10.00. The Morgan fingerprint density at radius 3 is 2.39 bits per heavy atom. The third-order valence-electron chi connectivity index (χ3n) is 7.43. The van der Waals surface area contributed by atoms with Crippen molar-refractivity contribution in [3.05, 3.63) is 80.1 Å². The largest absolute Gasteiger partial charge is 0.359 e. The highest BCUT2D eigenvalue weighted by Gasteiger charge is 2.28. The van der Waals surface area contributed by atoms with Gasteiger partial charge in [-0.3, -0.25) is 9.59 Å². The summed E-state index contributed by atoms with van der Waals surface area (Å²) in [7, 11) is -3.83. The third-order valence-corrected chi connectivity index (χ3v) is 9.78. The molecular formula is C30H34Cl2N4O4S. The van der Waals surface area contributed by atoms with E-state index in [1.54, 1.807) is 30.3 Å². The quantitative estimate of drug-likeness (QED) is 0.250. The normalized spacial score (nSPS) is 14.0. The van der Waals surface area contributed by atoms with Gasteiger partial charge in [0, 0.05) is 51.3 Å². The van der Waals surface area contributed by atoms with Gasteiger partial charge in [0.05, 0.1) is 22.6 Å². The highest BCUT2D eigenvalue weighted by atomic mass is 35.5. The van der Waals surface area contributed by atoms with Gasteiger partial charge >= 0.3 is 0 Å². The Morgan fingerprint density at radius 2 is 1.73 bits per heavy atom. The van der Waals surface area contributed by atoms with Crippen LogP contribution in [0.3, 0.4) is 0 Å². The van der Waals surface area contributed by atoms with Crippen LogP contribution in [-0.4, -0.2) is 56.3 Å². The summed E-state index contributed by atoms with van der Waals surface area (Å²) in [6.45, 7) is 11.2. The van der Waals surface area contributed by atoms with Crippen molar-refractivity contribution in [1.82, 2.24) is 15.2 Å². The molecule has 3 N–H and O–H groups in total. The van der Waals surface area contributed by atoms with Crippen molar-refractivity contribution in [2.45, 2.75) is 44.8 Å². The topological polar surface area (TPSA) is 111 Å². The van der Waals surface area contributed by atoms with Gasteiger partial charge in [-0.15, -0.1) is 0 Å². The molecule has 0 radical (unpaired) electrons. The first-order chi connectivity index (χ1) is 19.4. The van der Waals surface area contributed by atoms with Crippen molar-refractivity contribution < 1.29 is 18.0 Å². The summed E-state index contributed by atoms with van der Waals surface area (Å²) in [5.41, 5.74) is 4.88. The fourth-order valence-electron chi connectivity index (χ4n) is 4.93. The van der Waals surface area contributed by atoms with E-state index in [0.717, 1.165) is 36.5 Å². The molecule has 0 saturated carbocycles. The predicted molar refractivity (Wildman–Crippen MR) is 165 cm³/mol. The molecule has 0 atom stereocenters. The summed E-state index contributed by atoms with van der Waals surface area (Å²) in [4.78, 5) is 31.2. The Hall–Kier alpha value is -3.11. The highest BCUT2D eigenvalue weighted by Crippen LogP contribution is 2.37. The summed E-state index contributed by atoms with van der Waals surface area (Å²) in [5.74, 6) is -0.787. The van der Waals surface area contributed by atoms with Gasteiger partial charge in [-0.1, -0.05) is 43.1 Å². The summed E-state index contributed by atoms with van der Waals surface area (Å²) in [6.07, 6.45) is 1.91. The van der Waals surface area contributed by atoms with Crippen LogP contribution in [0.5, 0.6) is 0 Å². The molecule has 8 nitrogen and oxygen atoms in total. The molecule has 3 aromatic rings. The molecule has 0 bridgehead atoms. The van der Waals surface area contributed by atoms with Gasteiger partial charge in [-0.2, -0.15) is 0 Å². The minimum Gasteiger partial charge on any atom is -0.359 e. The summed E-state index contributed by atoms with van der Waals surface area (Å²) in [5, 5.41) is 6.33. The number of carbonyl (C=O) groups is 2. The number of halogens is 2. The van der Waals surface area contributed by atoms with E-state index in [-0.39, 0.29) is 38.9 Å².